The van der Waals surface area contributed by atoms with E-state index < -0.39 is 0 Å². The van der Waals surface area contributed by atoms with E-state index in [1.165, 1.54) is 11.3 Å². The van der Waals surface area contributed by atoms with Crippen molar-refractivity contribution in [2.45, 2.75) is 37.9 Å². The van der Waals surface area contributed by atoms with Gasteiger partial charge in [-0.05, 0) is 43.6 Å². The van der Waals surface area contributed by atoms with E-state index in [4.69, 9.17) is 9.73 Å². The van der Waals surface area contributed by atoms with Gasteiger partial charge in [0.05, 0.1) is 6.54 Å². The number of para-hydroxylation sites is 1. The van der Waals surface area contributed by atoms with Gasteiger partial charge in [0, 0.05) is 36.7 Å². The summed E-state index contributed by atoms with van der Waals surface area (Å²) in [6, 6.07) is 8.68. The molecule has 0 atom stereocenters. The summed E-state index contributed by atoms with van der Waals surface area (Å²) in [5, 5.41) is 3.50. The highest BCUT2D eigenvalue weighted by molar-refractivity contribution is 8.00. The monoisotopic (exact) mass is 347 g/mol. The summed E-state index contributed by atoms with van der Waals surface area (Å²) in [6.45, 7) is 8.90. The number of nitrogens with zero attached hydrogens (tertiary/aromatic N) is 2. The van der Waals surface area contributed by atoms with Crippen molar-refractivity contribution in [1.29, 1.82) is 0 Å². The molecule has 24 heavy (non-hydrogen) atoms. The minimum Gasteiger partial charge on any atom is -0.381 e. The van der Waals surface area contributed by atoms with Gasteiger partial charge < -0.3 is 15.0 Å². The maximum atomic E-state index is 5.58. The van der Waals surface area contributed by atoms with E-state index in [0.717, 1.165) is 63.8 Å². The molecule has 0 radical (unpaired) electrons. The van der Waals surface area contributed by atoms with Crippen molar-refractivity contribution >= 4 is 23.4 Å². The molecule has 3 rings (SSSR count). The zero-order chi connectivity index (χ0) is 16.8. The van der Waals surface area contributed by atoms with E-state index in [2.05, 4.69) is 60.1 Å². The van der Waals surface area contributed by atoms with E-state index in [-0.39, 0.29) is 4.75 Å². The number of fused-ring (bicyclic) bond motifs is 1. The summed E-state index contributed by atoms with van der Waals surface area (Å²) in [4.78, 5) is 7.41. The molecular formula is C19H29N3OS. The first-order valence-corrected chi connectivity index (χ1v) is 10.1. The van der Waals surface area contributed by atoms with Gasteiger partial charge in [-0.3, -0.25) is 4.99 Å². The van der Waals surface area contributed by atoms with Gasteiger partial charge in [-0.1, -0.05) is 25.1 Å². The maximum absolute atomic E-state index is 5.58. The lowest BCUT2D eigenvalue weighted by molar-refractivity contribution is 0.0793. The quantitative estimate of drug-likeness (QED) is 0.655. The number of benzene rings is 1. The second kappa shape index (κ2) is 8.26. The van der Waals surface area contributed by atoms with Crippen molar-refractivity contribution in [1.82, 2.24) is 5.32 Å². The molecule has 0 spiro atoms. The van der Waals surface area contributed by atoms with Crippen LogP contribution in [-0.4, -0.2) is 49.3 Å². The fourth-order valence-electron chi connectivity index (χ4n) is 3.57. The Bertz CT molecular complexity index is 564. The number of anilines is 1. The minimum atomic E-state index is 0.243. The molecule has 0 aliphatic carbocycles. The van der Waals surface area contributed by atoms with E-state index in [1.54, 1.807) is 0 Å². The normalized spacial score (nSPS) is 20.1. The number of guanidine groups is 1. The van der Waals surface area contributed by atoms with Gasteiger partial charge in [-0.25, -0.2) is 0 Å². The summed E-state index contributed by atoms with van der Waals surface area (Å²) in [7, 11) is 0. The Morgan fingerprint density at radius 3 is 2.83 bits per heavy atom. The van der Waals surface area contributed by atoms with E-state index in [9.17, 15) is 0 Å². The fourth-order valence-corrected chi connectivity index (χ4v) is 4.79. The minimum absolute atomic E-state index is 0.243. The van der Waals surface area contributed by atoms with Crippen molar-refractivity contribution in [3.05, 3.63) is 29.8 Å². The largest absolute Gasteiger partial charge is 0.381 e. The molecule has 132 valence electrons. The Balaban J connectivity index is 1.79. The van der Waals surface area contributed by atoms with Crippen LogP contribution in [0.5, 0.6) is 0 Å². The average molecular weight is 348 g/mol. The lowest BCUT2D eigenvalue weighted by Gasteiger charge is -2.35. The third-order valence-corrected chi connectivity index (χ3v) is 6.29. The van der Waals surface area contributed by atoms with Gasteiger partial charge in [0.1, 0.15) is 0 Å². The summed E-state index contributed by atoms with van der Waals surface area (Å²) in [5.41, 5.74) is 2.73. The molecule has 0 amide bonds. The molecule has 0 saturated carbocycles. The average Bonchev–Trinajstić information content (AvgIpc) is 3.04. The molecule has 1 fully saturated rings. The van der Waals surface area contributed by atoms with Crippen molar-refractivity contribution in [2.24, 2.45) is 4.99 Å². The molecule has 4 nitrogen and oxygen atoms in total. The molecule has 1 saturated heterocycles. The summed E-state index contributed by atoms with van der Waals surface area (Å²) in [6.07, 6.45) is 3.30. The first-order chi connectivity index (χ1) is 11.8. The Morgan fingerprint density at radius 2 is 2.08 bits per heavy atom. The summed E-state index contributed by atoms with van der Waals surface area (Å²) >= 11 is 2.05. The van der Waals surface area contributed by atoms with Gasteiger partial charge in [0.25, 0.3) is 0 Å². The van der Waals surface area contributed by atoms with Crippen molar-refractivity contribution in [3.8, 4) is 0 Å². The Hall–Kier alpha value is -1.20. The van der Waals surface area contributed by atoms with Crippen LogP contribution in [-0.2, 0) is 11.2 Å². The predicted octanol–water partition coefficient (Wildman–Crippen LogP) is 3.32. The highest BCUT2D eigenvalue weighted by atomic mass is 32.2. The van der Waals surface area contributed by atoms with Gasteiger partial charge in [-0.15, -0.1) is 0 Å². The van der Waals surface area contributed by atoms with Crippen molar-refractivity contribution < 1.29 is 4.74 Å². The summed E-state index contributed by atoms with van der Waals surface area (Å²) < 4.78 is 5.83. The molecule has 2 aliphatic heterocycles. The number of rotatable bonds is 5. The van der Waals surface area contributed by atoms with Crippen LogP contribution < -0.4 is 10.2 Å². The van der Waals surface area contributed by atoms with Crippen molar-refractivity contribution in [3.63, 3.8) is 0 Å². The molecule has 1 aromatic carbocycles. The fraction of sp³-hybridized carbons (Fsp3) is 0.632. The Labute approximate surface area is 150 Å². The molecule has 0 aromatic heterocycles. The lowest BCUT2D eigenvalue weighted by Crippen LogP contribution is -2.43. The van der Waals surface area contributed by atoms with Crippen LogP contribution in [0.1, 0.15) is 32.3 Å². The third-order valence-electron chi connectivity index (χ3n) is 4.85. The van der Waals surface area contributed by atoms with E-state index in [1.807, 2.05) is 0 Å². The zero-order valence-electron chi connectivity index (χ0n) is 14.9. The third kappa shape index (κ3) is 3.89. The second-order valence-electron chi connectivity index (χ2n) is 6.43. The van der Waals surface area contributed by atoms with Crippen LogP contribution in [0.15, 0.2) is 29.3 Å². The SMILES string of the molecule is CCNC(=NCC1(SCC)CCOCC1)N1CCc2ccccc21. The molecule has 0 bridgehead atoms. The first kappa shape index (κ1) is 17.6. The van der Waals surface area contributed by atoms with Crippen LogP contribution in [0, 0.1) is 0 Å². The number of hydrogen-bond acceptors (Lipinski definition) is 3. The van der Waals surface area contributed by atoms with Crippen molar-refractivity contribution in [2.75, 3.05) is 43.5 Å². The Morgan fingerprint density at radius 1 is 1.29 bits per heavy atom. The molecule has 5 heteroatoms. The van der Waals surface area contributed by atoms with Crippen LogP contribution in [0.25, 0.3) is 0 Å². The number of hydrogen-bond donors (Lipinski definition) is 1. The second-order valence-corrected chi connectivity index (χ2v) is 8.16. The van der Waals surface area contributed by atoms with Crippen LogP contribution in [0.2, 0.25) is 0 Å². The Kier molecular flexibility index (Phi) is 6.06. The first-order valence-electron chi connectivity index (χ1n) is 9.13. The van der Waals surface area contributed by atoms with Gasteiger partial charge in [-0.2, -0.15) is 11.8 Å². The van der Waals surface area contributed by atoms with E-state index in [0.29, 0.717) is 0 Å². The lowest BCUT2D eigenvalue weighted by atomic mass is 9.99. The topological polar surface area (TPSA) is 36.9 Å². The molecule has 0 unspecified atom stereocenters. The molecule has 2 aliphatic rings. The zero-order valence-corrected chi connectivity index (χ0v) is 15.7. The number of thioether (sulfide) groups is 1. The standard InChI is InChI=1S/C19H29N3OS/c1-3-20-18(22-12-9-16-7-5-6-8-17(16)22)21-15-19(24-4-2)10-13-23-14-11-19/h5-8H,3-4,9-15H2,1-2H3,(H,20,21). The molecule has 2 heterocycles. The van der Waals surface area contributed by atoms with Gasteiger partial charge >= 0.3 is 0 Å². The molecule has 1 N–H and O–H groups in total. The molecular weight excluding hydrogens is 318 g/mol. The predicted molar refractivity (Wildman–Crippen MR) is 104 cm³/mol. The number of nitrogens with one attached hydrogen (secondary N) is 1. The maximum Gasteiger partial charge on any atom is 0.198 e. The van der Waals surface area contributed by atoms with Gasteiger partial charge in [0.15, 0.2) is 5.96 Å². The van der Waals surface area contributed by atoms with Gasteiger partial charge in [0.2, 0.25) is 0 Å². The molecule has 1 aromatic rings. The van der Waals surface area contributed by atoms with E-state index >= 15 is 0 Å². The smallest absolute Gasteiger partial charge is 0.198 e. The van der Waals surface area contributed by atoms with Crippen LogP contribution >= 0.6 is 11.8 Å². The van der Waals surface area contributed by atoms with Crippen LogP contribution in [0.4, 0.5) is 5.69 Å². The highest BCUT2D eigenvalue weighted by Crippen LogP contribution is 2.36. The number of aliphatic imine (C=N–C) groups is 1. The summed E-state index contributed by atoms with van der Waals surface area (Å²) in [5.74, 6) is 2.17. The highest BCUT2D eigenvalue weighted by Gasteiger charge is 2.33. The number of ether oxygens (including phenoxy) is 1. The van der Waals surface area contributed by atoms with Crippen LogP contribution in [0.3, 0.4) is 0 Å².